The zero-order valence-electron chi connectivity index (χ0n) is 13.8. The maximum Gasteiger partial charge on any atom is 0.243 e. The molecule has 25 heavy (non-hydrogen) atoms. The van der Waals surface area contributed by atoms with Gasteiger partial charge in [0.05, 0.1) is 11.5 Å². The number of hydrogen-bond acceptors (Lipinski definition) is 5. The van der Waals surface area contributed by atoms with E-state index in [1.54, 1.807) is 12.1 Å². The van der Waals surface area contributed by atoms with Gasteiger partial charge in [0.15, 0.2) is 11.5 Å². The van der Waals surface area contributed by atoms with Crippen LogP contribution in [0.4, 0.5) is 0 Å². The summed E-state index contributed by atoms with van der Waals surface area (Å²) in [5.74, 6) is 1.02. The predicted molar refractivity (Wildman–Crippen MR) is 91.1 cm³/mol. The van der Waals surface area contributed by atoms with Gasteiger partial charge in [-0.2, -0.15) is 4.31 Å². The Morgan fingerprint density at radius 1 is 1.04 bits per heavy atom. The van der Waals surface area contributed by atoms with Gasteiger partial charge in [-0.3, -0.25) is 0 Å². The topological polar surface area (TPSA) is 65.1 Å². The molecule has 1 saturated heterocycles. The molecular weight excluding hydrogens is 342 g/mol. The minimum absolute atomic E-state index is 0.114. The Kier molecular flexibility index (Phi) is 3.94. The SMILES string of the molecule is C[C@]1(c2ccccc2)CN(S(=O)(=O)c2ccc3c(c2)OCO3)CCO1. The number of ether oxygens (including phenoxy) is 3. The molecule has 4 rings (SSSR count). The van der Waals surface area contributed by atoms with E-state index >= 15 is 0 Å². The van der Waals surface area contributed by atoms with Crippen molar-refractivity contribution in [2.75, 3.05) is 26.5 Å². The highest BCUT2D eigenvalue weighted by Crippen LogP contribution is 2.36. The van der Waals surface area contributed by atoms with Crippen molar-refractivity contribution in [3.63, 3.8) is 0 Å². The van der Waals surface area contributed by atoms with Crippen LogP contribution in [0.1, 0.15) is 12.5 Å². The van der Waals surface area contributed by atoms with Crippen LogP contribution in [0, 0.1) is 0 Å². The van der Waals surface area contributed by atoms with Crippen molar-refractivity contribution in [2.24, 2.45) is 0 Å². The van der Waals surface area contributed by atoms with Crippen LogP contribution in [-0.4, -0.2) is 39.2 Å². The number of morpholine rings is 1. The zero-order chi connectivity index (χ0) is 17.5. The Morgan fingerprint density at radius 2 is 1.80 bits per heavy atom. The second kappa shape index (κ2) is 6.01. The minimum Gasteiger partial charge on any atom is -0.454 e. The van der Waals surface area contributed by atoms with E-state index in [2.05, 4.69) is 0 Å². The lowest BCUT2D eigenvalue weighted by molar-refractivity contribution is -0.0820. The summed E-state index contributed by atoms with van der Waals surface area (Å²) in [5, 5.41) is 0. The van der Waals surface area contributed by atoms with Gasteiger partial charge in [0.2, 0.25) is 16.8 Å². The summed E-state index contributed by atoms with van der Waals surface area (Å²) in [5.41, 5.74) is 0.281. The molecule has 2 aliphatic rings. The first-order valence-electron chi connectivity index (χ1n) is 8.08. The molecule has 0 saturated carbocycles. The Labute approximate surface area is 147 Å². The summed E-state index contributed by atoms with van der Waals surface area (Å²) in [4.78, 5) is 0.203. The smallest absolute Gasteiger partial charge is 0.243 e. The lowest BCUT2D eigenvalue weighted by Gasteiger charge is -2.40. The third-order valence-corrected chi connectivity index (χ3v) is 6.45. The van der Waals surface area contributed by atoms with Crippen LogP contribution >= 0.6 is 0 Å². The normalized spacial score (nSPS) is 23.6. The molecule has 0 unspecified atom stereocenters. The molecule has 2 aromatic rings. The first-order valence-corrected chi connectivity index (χ1v) is 9.52. The average Bonchev–Trinajstić information content (AvgIpc) is 3.10. The maximum atomic E-state index is 13.1. The Balaban J connectivity index is 1.64. The van der Waals surface area contributed by atoms with E-state index < -0.39 is 15.6 Å². The van der Waals surface area contributed by atoms with Crippen molar-refractivity contribution in [1.82, 2.24) is 4.31 Å². The minimum atomic E-state index is -3.64. The lowest BCUT2D eigenvalue weighted by atomic mass is 9.95. The number of fused-ring (bicyclic) bond motifs is 1. The van der Waals surface area contributed by atoms with E-state index in [0.29, 0.717) is 24.7 Å². The van der Waals surface area contributed by atoms with Crippen molar-refractivity contribution < 1.29 is 22.6 Å². The van der Waals surface area contributed by atoms with E-state index in [0.717, 1.165) is 5.56 Å². The second-order valence-corrected chi connectivity index (χ2v) is 8.24. The summed E-state index contributed by atoms with van der Waals surface area (Å²) in [6.45, 7) is 2.95. The molecule has 2 heterocycles. The van der Waals surface area contributed by atoms with Crippen molar-refractivity contribution in [1.29, 1.82) is 0 Å². The van der Waals surface area contributed by atoms with E-state index in [1.807, 2.05) is 37.3 Å². The standard InChI is InChI=1S/C18H19NO5S/c1-18(14-5-3-2-4-6-14)12-19(9-10-24-18)25(20,21)15-7-8-16-17(11-15)23-13-22-16/h2-8,11H,9-10,12-13H2,1H3/t18-/m1/s1. The van der Waals surface area contributed by atoms with Gasteiger partial charge in [0.1, 0.15) is 5.60 Å². The van der Waals surface area contributed by atoms with Crippen molar-refractivity contribution >= 4 is 10.0 Å². The summed E-state index contributed by atoms with van der Waals surface area (Å²) < 4.78 is 44.1. The van der Waals surface area contributed by atoms with Crippen LogP contribution in [-0.2, 0) is 20.4 Å². The number of nitrogens with zero attached hydrogens (tertiary/aromatic N) is 1. The van der Waals surface area contributed by atoms with Gasteiger partial charge in [0.25, 0.3) is 0 Å². The summed E-state index contributed by atoms with van der Waals surface area (Å²) in [6, 6.07) is 14.4. The molecule has 0 N–H and O–H groups in total. The molecule has 6 nitrogen and oxygen atoms in total. The largest absolute Gasteiger partial charge is 0.454 e. The van der Waals surface area contributed by atoms with E-state index in [-0.39, 0.29) is 18.2 Å². The van der Waals surface area contributed by atoms with Crippen molar-refractivity contribution in [2.45, 2.75) is 17.4 Å². The van der Waals surface area contributed by atoms with Crippen LogP contribution in [0.3, 0.4) is 0 Å². The van der Waals surface area contributed by atoms with E-state index in [1.165, 1.54) is 10.4 Å². The average molecular weight is 361 g/mol. The first kappa shape index (κ1) is 16.4. The van der Waals surface area contributed by atoms with Crippen LogP contribution in [0.15, 0.2) is 53.4 Å². The fraction of sp³-hybridized carbons (Fsp3) is 0.333. The second-order valence-electron chi connectivity index (χ2n) is 6.30. The monoisotopic (exact) mass is 361 g/mol. The molecule has 0 aliphatic carbocycles. The van der Waals surface area contributed by atoms with Crippen molar-refractivity contribution in [3.05, 3.63) is 54.1 Å². The number of sulfonamides is 1. The fourth-order valence-electron chi connectivity index (χ4n) is 3.19. The third-order valence-electron chi connectivity index (χ3n) is 4.61. The molecule has 0 spiro atoms. The molecule has 2 aromatic carbocycles. The van der Waals surface area contributed by atoms with Gasteiger partial charge >= 0.3 is 0 Å². The molecular formula is C18H19NO5S. The van der Waals surface area contributed by atoms with E-state index in [4.69, 9.17) is 14.2 Å². The number of benzene rings is 2. The highest BCUT2D eigenvalue weighted by molar-refractivity contribution is 7.89. The summed E-state index contributed by atoms with van der Waals surface area (Å²) >= 11 is 0. The van der Waals surface area contributed by atoms with Gasteiger partial charge in [0, 0.05) is 19.2 Å². The number of rotatable bonds is 3. The molecule has 0 aromatic heterocycles. The first-order chi connectivity index (χ1) is 12.0. The quantitative estimate of drug-likeness (QED) is 0.840. The zero-order valence-corrected chi connectivity index (χ0v) is 14.7. The van der Waals surface area contributed by atoms with Crippen LogP contribution in [0.5, 0.6) is 11.5 Å². The number of hydrogen-bond donors (Lipinski definition) is 0. The molecule has 0 radical (unpaired) electrons. The van der Waals surface area contributed by atoms with Gasteiger partial charge in [-0.05, 0) is 24.6 Å². The molecule has 0 amide bonds. The van der Waals surface area contributed by atoms with Gasteiger partial charge in [-0.25, -0.2) is 8.42 Å². The molecule has 7 heteroatoms. The fourth-order valence-corrected chi connectivity index (χ4v) is 4.72. The highest BCUT2D eigenvalue weighted by atomic mass is 32.2. The van der Waals surface area contributed by atoms with Crippen LogP contribution in [0.25, 0.3) is 0 Å². The molecule has 0 bridgehead atoms. The Hall–Kier alpha value is -2.09. The van der Waals surface area contributed by atoms with Crippen molar-refractivity contribution in [3.8, 4) is 11.5 Å². The van der Waals surface area contributed by atoms with Gasteiger partial charge in [-0.15, -0.1) is 0 Å². The summed E-state index contributed by atoms with van der Waals surface area (Å²) in [6.07, 6.45) is 0. The molecule has 1 atom stereocenters. The molecule has 2 aliphatic heterocycles. The Bertz CT molecular complexity index is 884. The lowest BCUT2D eigenvalue weighted by Crippen LogP contribution is -2.50. The van der Waals surface area contributed by atoms with Crippen LogP contribution in [0.2, 0.25) is 0 Å². The van der Waals surface area contributed by atoms with Gasteiger partial charge in [-0.1, -0.05) is 30.3 Å². The van der Waals surface area contributed by atoms with E-state index in [9.17, 15) is 8.42 Å². The molecule has 132 valence electrons. The predicted octanol–water partition coefficient (Wildman–Crippen LogP) is 2.35. The summed E-state index contributed by atoms with van der Waals surface area (Å²) in [7, 11) is -3.64. The van der Waals surface area contributed by atoms with Crippen LogP contribution < -0.4 is 9.47 Å². The van der Waals surface area contributed by atoms with Gasteiger partial charge < -0.3 is 14.2 Å². The maximum absolute atomic E-state index is 13.1. The molecule has 1 fully saturated rings. The Morgan fingerprint density at radius 3 is 2.60 bits per heavy atom. The third kappa shape index (κ3) is 2.88. The highest BCUT2D eigenvalue weighted by Gasteiger charge is 2.39.